The highest BCUT2D eigenvalue weighted by Gasteiger charge is 2.27. The van der Waals surface area contributed by atoms with Gasteiger partial charge >= 0.3 is 0 Å². The molecule has 0 atom stereocenters. The highest BCUT2D eigenvalue weighted by atomic mass is 35.5. The van der Waals surface area contributed by atoms with E-state index in [-0.39, 0.29) is 17.3 Å². The fourth-order valence-corrected chi connectivity index (χ4v) is 3.99. The van der Waals surface area contributed by atoms with Crippen LogP contribution in [0, 0.1) is 12.8 Å². The number of carbonyl (C=O) groups excluding carboxylic acids is 1. The fourth-order valence-electron chi connectivity index (χ4n) is 2.45. The fraction of sp³-hybridized carbons (Fsp3) is 0.350. The summed E-state index contributed by atoms with van der Waals surface area (Å²) in [5.41, 5.74) is 1.44. The summed E-state index contributed by atoms with van der Waals surface area (Å²) in [4.78, 5) is 12.5. The lowest BCUT2D eigenvalue weighted by Crippen LogP contribution is -2.41. The zero-order chi connectivity index (χ0) is 20.0. The zero-order valence-electron chi connectivity index (χ0n) is 15.8. The Bertz CT molecular complexity index is 863. The summed E-state index contributed by atoms with van der Waals surface area (Å²) in [6.07, 6.45) is 0.834. The molecular weight excluding hydrogens is 384 g/mol. The van der Waals surface area contributed by atoms with Gasteiger partial charge in [0.2, 0.25) is 5.91 Å². The average molecular weight is 409 g/mol. The topological polar surface area (TPSA) is 66.5 Å². The number of nitrogens with one attached hydrogen (secondary N) is 1. The van der Waals surface area contributed by atoms with Crippen LogP contribution in [0.25, 0.3) is 0 Å². The summed E-state index contributed by atoms with van der Waals surface area (Å²) in [6, 6.07) is 12.9. The first-order valence-electron chi connectivity index (χ1n) is 8.82. The highest BCUT2D eigenvalue weighted by Crippen LogP contribution is 2.25. The molecule has 0 aliphatic carbocycles. The number of nitrogens with zero attached hydrogens (tertiary/aromatic N) is 1. The van der Waals surface area contributed by atoms with Gasteiger partial charge in [-0.2, -0.15) is 0 Å². The molecule has 2 aromatic carbocycles. The number of halogens is 1. The summed E-state index contributed by atoms with van der Waals surface area (Å²) in [7, 11) is -3.91. The molecule has 0 saturated heterocycles. The van der Waals surface area contributed by atoms with E-state index in [1.165, 1.54) is 24.3 Å². The predicted octanol–water partition coefficient (Wildman–Crippen LogP) is 4.01. The molecule has 0 aliphatic heterocycles. The van der Waals surface area contributed by atoms with E-state index in [4.69, 9.17) is 11.6 Å². The SMILES string of the molecule is Cc1ccc(N(CC(=O)NCCC(C)C)S(=O)(=O)c2ccc(Cl)cc2)cc1. The molecule has 0 aromatic heterocycles. The number of benzene rings is 2. The number of aryl methyl sites for hydroxylation is 1. The minimum Gasteiger partial charge on any atom is -0.355 e. The van der Waals surface area contributed by atoms with Crippen molar-refractivity contribution in [2.45, 2.75) is 32.1 Å². The summed E-state index contributed by atoms with van der Waals surface area (Å²) in [5, 5.41) is 3.24. The molecule has 27 heavy (non-hydrogen) atoms. The Balaban J connectivity index is 2.30. The van der Waals surface area contributed by atoms with Gasteiger partial charge in [-0.05, 0) is 55.7 Å². The molecule has 146 valence electrons. The molecule has 2 aromatic rings. The van der Waals surface area contributed by atoms with Crippen molar-refractivity contribution in [3.63, 3.8) is 0 Å². The quantitative estimate of drug-likeness (QED) is 0.717. The number of anilines is 1. The van der Waals surface area contributed by atoms with Crippen molar-refractivity contribution < 1.29 is 13.2 Å². The maximum atomic E-state index is 13.1. The van der Waals surface area contributed by atoms with Crippen LogP contribution in [-0.4, -0.2) is 27.4 Å². The van der Waals surface area contributed by atoms with Gasteiger partial charge < -0.3 is 5.32 Å². The molecule has 0 unspecified atom stereocenters. The normalized spacial score (nSPS) is 11.4. The Labute approximate surface area is 166 Å². The van der Waals surface area contributed by atoms with Crippen molar-refractivity contribution in [3.05, 3.63) is 59.1 Å². The van der Waals surface area contributed by atoms with E-state index in [0.717, 1.165) is 16.3 Å². The summed E-state index contributed by atoms with van der Waals surface area (Å²) in [6.45, 7) is 6.28. The second-order valence-electron chi connectivity index (χ2n) is 6.83. The van der Waals surface area contributed by atoms with Gasteiger partial charge in [-0.15, -0.1) is 0 Å². The third-order valence-electron chi connectivity index (χ3n) is 4.05. The highest BCUT2D eigenvalue weighted by molar-refractivity contribution is 7.92. The first-order valence-corrected chi connectivity index (χ1v) is 10.6. The van der Waals surface area contributed by atoms with Gasteiger partial charge in [-0.25, -0.2) is 8.42 Å². The van der Waals surface area contributed by atoms with E-state index >= 15 is 0 Å². The Morgan fingerprint density at radius 1 is 1.07 bits per heavy atom. The Hall–Kier alpha value is -2.05. The van der Waals surface area contributed by atoms with E-state index < -0.39 is 10.0 Å². The van der Waals surface area contributed by atoms with Crippen LogP contribution in [0.15, 0.2) is 53.4 Å². The Morgan fingerprint density at radius 2 is 1.67 bits per heavy atom. The minimum atomic E-state index is -3.91. The second-order valence-corrected chi connectivity index (χ2v) is 9.13. The van der Waals surface area contributed by atoms with Gasteiger partial charge in [0, 0.05) is 11.6 Å². The molecule has 5 nitrogen and oxygen atoms in total. The van der Waals surface area contributed by atoms with Crippen LogP contribution in [0.5, 0.6) is 0 Å². The third-order valence-corrected chi connectivity index (χ3v) is 6.09. The van der Waals surface area contributed by atoms with Gasteiger partial charge in [0.15, 0.2) is 0 Å². The van der Waals surface area contributed by atoms with Crippen molar-refractivity contribution in [1.82, 2.24) is 5.32 Å². The summed E-state index contributed by atoms with van der Waals surface area (Å²) >= 11 is 5.87. The number of rotatable bonds is 8. The van der Waals surface area contributed by atoms with E-state index in [9.17, 15) is 13.2 Å². The number of amides is 1. The maximum absolute atomic E-state index is 13.1. The van der Waals surface area contributed by atoms with E-state index in [1.54, 1.807) is 12.1 Å². The third kappa shape index (κ3) is 5.97. The number of hydrogen-bond acceptors (Lipinski definition) is 3. The van der Waals surface area contributed by atoms with E-state index in [0.29, 0.717) is 23.2 Å². The maximum Gasteiger partial charge on any atom is 0.264 e. The molecule has 0 spiro atoms. The number of sulfonamides is 1. The smallest absolute Gasteiger partial charge is 0.264 e. The second kappa shape index (κ2) is 9.24. The minimum absolute atomic E-state index is 0.0856. The van der Waals surface area contributed by atoms with Crippen LogP contribution < -0.4 is 9.62 Å². The van der Waals surface area contributed by atoms with Crippen molar-refractivity contribution in [1.29, 1.82) is 0 Å². The molecular formula is C20H25ClN2O3S. The largest absolute Gasteiger partial charge is 0.355 e. The van der Waals surface area contributed by atoms with Crippen molar-refractivity contribution in [2.75, 3.05) is 17.4 Å². The van der Waals surface area contributed by atoms with E-state index in [1.807, 2.05) is 19.1 Å². The molecule has 1 amide bonds. The zero-order valence-corrected chi connectivity index (χ0v) is 17.3. The molecule has 0 radical (unpaired) electrons. The Morgan fingerprint density at radius 3 is 2.22 bits per heavy atom. The lowest BCUT2D eigenvalue weighted by atomic mass is 10.1. The molecule has 7 heteroatoms. The van der Waals surface area contributed by atoms with Gasteiger partial charge in [0.1, 0.15) is 6.54 Å². The van der Waals surface area contributed by atoms with Gasteiger partial charge in [-0.3, -0.25) is 9.10 Å². The lowest BCUT2D eigenvalue weighted by molar-refractivity contribution is -0.119. The van der Waals surface area contributed by atoms with Crippen molar-refractivity contribution >= 4 is 33.2 Å². The van der Waals surface area contributed by atoms with Crippen molar-refractivity contribution in [2.24, 2.45) is 5.92 Å². The molecule has 0 heterocycles. The number of hydrogen-bond donors (Lipinski definition) is 1. The van der Waals surface area contributed by atoms with Crippen LogP contribution in [0.4, 0.5) is 5.69 Å². The summed E-state index contributed by atoms with van der Waals surface area (Å²) < 4.78 is 27.4. The molecule has 1 N–H and O–H groups in total. The van der Waals surface area contributed by atoms with Crippen LogP contribution >= 0.6 is 11.6 Å². The van der Waals surface area contributed by atoms with Crippen LogP contribution in [-0.2, 0) is 14.8 Å². The first-order chi connectivity index (χ1) is 12.7. The van der Waals surface area contributed by atoms with E-state index in [2.05, 4.69) is 19.2 Å². The van der Waals surface area contributed by atoms with Gasteiger partial charge in [0.05, 0.1) is 10.6 Å². The van der Waals surface area contributed by atoms with Crippen LogP contribution in [0.2, 0.25) is 5.02 Å². The summed E-state index contributed by atoms with van der Waals surface area (Å²) in [5.74, 6) is 0.116. The van der Waals surface area contributed by atoms with Gasteiger partial charge in [0.25, 0.3) is 10.0 Å². The standard InChI is InChI=1S/C20H25ClN2O3S/c1-15(2)12-13-22-20(24)14-23(18-8-4-16(3)5-9-18)27(25,26)19-10-6-17(21)7-11-19/h4-11,15H,12-14H2,1-3H3,(H,22,24). The molecule has 0 aliphatic rings. The van der Waals surface area contributed by atoms with Crippen LogP contribution in [0.1, 0.15) is 25.8 Å². The molecule has 0 fully saturated rings. The van der Waals surface area contributed by atoms with Gasteiger partial charge in [-0.1, -0.05) is 43.1 Å². The average Bonchev–Trinajstić information content (AvgIpc) is 2.60. The Kier molecular flexibility index (Phi) is 7.27. The molecule has 2 rings (SSSR count). The molecule has 0 bridgehead atoms. The predicted molar refractivity (Wildman–Crippen MR) is 110 cm³/mol. The van der Waals surface area contributed by atoms with Crippen molar-refractivity contribution in [3.8, 4) is 0 Å². The van der Waals surface area contributed by atoms with Crippen LogP contribution in [0.3, 0.4) is 0 Å². The molecule has 0 saturated carbocycles. The first kappa shape index (κ1) is 21.3. The monoisotopic (exact) mass is 408 g/mol. The number of carbonyl (C=O) groups is 1. The lowest BCUT2D eigenvalue weighted by Gasteiger charge is -2.24.